The summed E-state index contributed by atoms with van der Waals surface area (Å²) < 4.78 is 3.90. The van der Waals surface area contributed by atoms with Gasteiger partial charge in [-0.25, -0.2) is 4.68 Å². The van der Waals surface area contributed by atoms with Gasteiger partial charge in [0, 0.05) is 25.4 Å². The van der Waals surface area contributed by atoms with Gasteiger partial charge in [-0.05, 0) is 31.0 Å². The number of benzene rings is 1. The summed E-state index contributed by atoms with van der Waals surface area (Å²) in [6.45, 7) is 4.69. The molecule has 0 aliphatic rings. The molecule has 0 atom stereocenters. The molecule has 136 valence electrons. The summed E-state index contributed by atoms with van der Waals surface area (Å²) in [5, 5.41) is 12.2. The Labute approximate surface area is 157 Å². The van der Waals surface area contributed by atoms with Crippen LogP contribution in [-0.2, 0) is 17.8 Å². The predicted molar refractivity (Wildman–Crippen MR) is 103 cm³/mol. The fourth-order valence-corrected chi connectivity index (χ4v) is 3.33. The van der Waals surface area contributed by atoms with E-state index in [-0.39, 0.29) is 5.91 Å². The van der Waals surface area contributed by atoms with Crippen LogP contribution in [0.3, 0.4) is 0 Å². The summed E-state index contributed by atoms with van der Waals surface area (Å²) in [6.07, 6.45) is 5.72. The summed E-state index contributed by atoms with van der Waals surface area (Å²) in [4.78, 5) is 12.2. The quantitative estimate of drug-likeness (QED) is 0.620. The van der Waals surface area contributed by atoms with Gasteiger partial charge in [0.25, 0.3) is 0 Å². The highest BCUT2D eigenvalue weighted by atomic mass is 32.2. The summed E-state index contributed by atoms with van der Waals surface area (Å²) in [6, 6.07) is 12.1. The molecule has 0 aliphatic heterocycles. The first-order valence-electron chi connectivity index (χ1n) is 8.70. The van der Waals surface area contributed by atoms with Crippen molar-refractivity contribution in [2.24, 2.45) is 0 Å². The zero-order chi connectivity index (χ0) is 18.4. The minimum atomic E-state index is -0.0188. The van der Waals surface area contributed by atoms with Crippen LogP contribution in [0.1, 0.15) is 30.3 Å². The molecule has 0 saturated heterocycles. The fourth-order valence-electron chi connectivity index (χ4n) is 2.54. The molecule has 3 aromatic rings. The number of nitrogens with zero attached hydrogens (tertiary/aromatic N) is 4. The van der Waals surface area contributed by atoms with Crippen LogP contribution in [-0.4, -0.2) is 31.2 Å². The van der Waals surface area contributed by atoms with E-state index in [4.69, 9.17) is 0 Å². The van der Waals surface area contributed by atoms with Gasteiger partial charge in [0.15, 0.2) is 5.82 Å². The van der Waals surface area contributed by atoms with E-state index in [0.717, 1.165) is 29.4 Å². The van der Waals surface area contributed by atoms with Crippen molar-refractivity contribution in [3.05, 3.63) is 65.7 Å². The normalized spacial score (nSPS) is 10.8. The van der Waals surface area contributed by atoms with Crippen molar-refractivity contribution in [3.8, 4) is 0 Å². The molecule has 0 saturated carbocycles. The number of thioether (sulfide) groups is 1. The summed E-state index contributed by atoms with van der Waals surface area (Å²) >= 11 is 1.39. The highest BCUT2D eigenvalue weighted by Crippen LogP contribution is 2.18. The third-order valence-electron chi connectivity index (χ3n) is 3.91. The Kier molecular flexibility index (Phi) is 6.12. The smallest absolute Gasteiger partial charge is 0.230 e. The molecule has 0 radical (unpaired) electrons. The molecule has 2 heterocycles. The average Bonchev–Trinajstić information content (AvgIpc) is 3.29. The third kappa shape index (κ3) is 4.54. The van der Waals surface area contributed by atoms with Crippen LogP contribution in [0.5, 0.6) is 0 Å². The zero-order valence-electron chi connectivity index (χ0n) is 15.1. The van der Waals surface area contributed by atoms with Crippen molar-refractivity contribution in [2.75, 3.05) is 5.75 Å². The van der Waals surface area contributed by atoms with Crippen molar-refractivity contribution >= 4 is 17.7 Å². The molecular weight excluding hydrogens is 346 g/mol. The Bertz CT molecular complexity index is 839. The van der Waals surface area contributed by atoms with Gasteiger partial charge in [-0.1, -0.05) is 48.5 Å². The van der Waals surface area contributed by atoms with E-state index in [9.17, 15) is 4.79 Å². The standard InChI is InChI=1S/C19H23N5OS/c1-3-6-17-21-22-19(24(17)23-11-4-5-12-23)26-14-18(25)20-13-16-9-7-15(2)8-10-16/h4-5,7-12H,3,6,13-14H2,1-2H3,(H,20,25). The molecule has 1 aromatic carbocycles. The van der Waals surface area contributed by atoms with E-state index in [1.807, 2.05) is 65.1 Å². The van der Waals surface area contributed by atoms with Crippen molar-refractivity contribution in [3.63, 3.8) is 0 Å². The van der Waals surface area contributed by atoms with Gasteiger partial charge in [-0.2, -0.15) is 0 Å². The largest absolute Gasteiger partial charge is 0.351 e. The number of hydrogen-bond donors (Lipinski definition) is 1. The number of amides is 1. The molecule has 1 N–H and O–H groups in total. The van der Waals surface area contributed by atoms with Gasteiger partial charge in [-0.3, -0.25) is 9.47 Å². The second kappa shape index (κ2) is 8.71. The molecule has 6 nitrogen and oxygen atoms in total. The Morgan fingerprint density at radius 1 is 1.15 bits per heavy atom. The van der Waals surface area contributed by atoms with E-state index >= 15 is 0 Å². The van der Waals surface area contributed by atoms with Crippen LogP contribution in [0.2, 0.25) is 0 Å². The number of hydrogen-bond acceptors (Lipinski definition) is 4. The average molecular weight is 369 g/mol. The van der Waals surface area contributed by atoms with Crippen LogP contribution in [0.25, 0.3) is 0 Å². The van der Waals surface area contributed by atoms with Crippen molar-refractivity contribution in [1.29, 1.82) is 0 Å². The van der Waals surface area contributed by atoms with E-state index < -0.39 is 0 Å². The van der Waals surface area contributed by atoms with Crippen LogP contribution in [0, 0.1) is 6.92 Å². The Hall–Kier alpha value is -2.54. The molecule has 0 aliphatic carbocycles. The number of carbonyl (C=O) groups is 1. The third-order valence-corrected chi connectivity index (χ3v) is 4.83. The number of aryl methyl sites for hydroxylation is 2. The van der Waals surface area contributed by atoms with Gasteiger partial charge in [0.05, 0.1) is 5.75 Å². The maximum atomic E-state index is 12.2. The van der Waals surface area contributed by atoms with Crippen LogP contribution < -0.4 is 5.32 Å². The lowest BCUT2D eigenvalue weighted by Gasteiger charge is -2.11. The van der Waals surface area contributed by atoms with Gasteiger partial charge in [0.1, 0.15) is 0 Å². The minimum Gasteiger partial charge on any atom is -0.351 e. The Balaban J connectivity index is 1.60. The molecule has 26 heavy (non-hydrogen) atoms. The van der Waals surface area contributed by atoms with Gasteiger partial charge >= 0.3 is 0 Å². The topological polar surface area (TPSA) is 64.7 Å². The molecule has 0 bridgehead atoms. The minimum absolute atomic E-state index is 0.0188. The lowest BCUT2D eigenvalue weighted by atomic mass is 10.1. The molecule has 0 spiro atoms. The highest BCUT2D eigenvalue weighted by molar-refractivity contribution is 7.99. The molecule has 7 heteroatoms. The molecule has 2 aromatic heterocycles. The lowest BCUT2D eigenvalue weighted by Crippen LogP contribution is -2.25. The monoisotopic (exact) mass is 369 g/mol. The number of rotatable bonds is 8. The first kappa shape index (κ1) is 18.3. The van der Waals surface area contributed by atoms with E-state index in [1.54, 1.807) is 0 Å². The lowest BCUT2D eigenvalue weighted by molar-refractivity contribution is -0.118. The fraction of sp³-hybridized carbons (Fsp3) is 0.316. The number of carbonyl (C=O) groups excluding carboxylic acids is 1. The van der Waals surface area contributed by atoms with Gasteiger partial charge in [0.2, 0.25) is 11.1 Å². The van der Waals surface area contributed by atoms with E-state index in [1.165, 1.54) is 17.3 Å². The summed E-state index contributed by atoms with van der Waals surface area (Å²) in [5.41, 5.74) is 2.30. The van der Waals surface area contributed by atoms with Crippen molar-refractivity contribution in [2.45, 2.75) is 38.4 Å². The molecule has 1 amide bonds. The Morgan fingerprint density at radius 3 is 2.58 bits per heavy atom. The number of nitrogens with one attached hydrogen (secondary N) is 1. The molecule has 0 fully saturated rings. The second-order valence-electron chi connectivity index (χ2n) is 6.07. The maximum Gasteiger partial charge on any atom is 0.230 e. The van der Waals surface area contributed by atoms with Gasteiger partial charge in [-0.15, -0.1) is 10.2 Å². The molecule has 3 rings (SSSR count). The highest BCUT2D eigenvalue weighted by Gasteiger charge is 2.14. The first-order valence-corrected chi connectivity index (χ1v) is 9.69. The first-order chi connectivity index (χ1) is 12.7. The predicted octanol–water partition coefficient (Wildman–Crippen LogP) is 3.06. The SMILES string of the molecule is CCCc1nnc(SCC(=O)NCc2ccc(C)cc2)n1-n1cccc1. The van der Waals surface area contributed by atoms with Crippen LogP contribution in [0.15, 0.2) is 53.9 Å². The van der Waals surface area contributed by atoms with Crippen molar-refractivity contribution in [1.82, 2.24) is 24.9 Å². The summed E-state index contributed by atoms with van der Waals surface area (Å²) in [5.74, 6) is 1.18. The van der Waals surface area contributed by atoms with Crippen LogP contribution in [0.4, 0.5) is 0 Å². The molecule has 0 unspecified atom stereocenters. The Morgan fingerprint density at radius 2 is 1.88 bits per heavy atom. The number of aromatic nitrogens is 4. The zero-order valence-corrected chi connectivity index (χ0v) is 15.9. The maximum absolute atomic E-state index is 12.2. The summed E-state index contributed by atoms with van der Waals surface area (Å²) in [7, 11) is 0. The van der Waals surface area contributed by atoms with E-state index in [2.05, 4.69) is 22.4 Å². The van der Waals surface area contributed by atoms with Crippen molar-refractivity contribution < 1.29 is 4.79 Å². The second-order valence-corrected chi connectivity index (χ2v) is 7.02. The van der Waals surface area contributed by atoms with E-state index in [0.29, 0.717) is 12.3 Å². The molecular formula is C19H23N5OS. The van der Waals surface area contributed by atoms with Gasteiger partial charge < -0.3 is 5.32 Å². The van der Waals surface area contributed by atoms with Crippen LogP contribution >= 0.6 is 11.8 Å².